The first kappa shape index (κ1) is 13.4. The maximum absolute atomic E-state index is 12.0. The van der Waals surface area contributed by atoms with Gasteiger partial charge in [-0.05, 0) is 12.3 Å². The van der Waals surface area contributed by atoms with E-state index in [9.17, 15) is 14.4 Å². The van der Waals surface area contributed by atoms with Crippen LogP contribution in [0.1, 0.15) is 33.1 Å². The zero-order valence-corrected chi connectivity index (χ0v) is 10.2. The van der Waals surface area contributed by atoms with Crippen molar-refractivity contribution in [3.63, 3.8) is 0 Å². The third kappa shape index (κ3) is 2.09. The Kier molecular flexibility index (Phi) is 4.04. The van der Waals surface area contributed by atoms with Crippen LogP contribution in [0.3, 0.4) is 0 Å². The predicted molar refractivity (Wildman–Crippen MR) is 63.0 cm³/mol. The van der Waals surface area contributed by atoms with Gasteiger partial charge >= 0.3 is 6.03 Å². The van der Waals surface area contributed by atoms with Crippen molar-refractivity contribution in [1.29, 1.82) is 0 Å². The summed E-state index contributed by atoms with van der Waals surface area (Å²) in [5, 5.41) is 4.35. The molecule has 5 nitrogen and oxygen atoms in total. The molecule has 0 aromatic carbocycles. The van der Waals surface area contributed by atoms with Crippen LogP contribution in [0, 0.1) is 11.3 Å². The van der Waals surface area contributed by atoms with Crippen molar-refractivity contribution in [3.8, 4) is 0 Å². The van der Waals surface area contributed by atoms with Crippen molar-refractivity contribution in [2.45, 2.75) is 33.1 Å². The van der Waals surface area contributed by atoms with E-state index in [1.165, 1.54) is 0 Å². The molecule has 0 saturated carbocycles. The van der Waals surface area contributed by atoms with Gasteiger partial charge in [-0.25, -0.2) is 4.79 Å². The van der Waals surface area contributed by atoms with Gasteiger partial charge in [0.1, 0.15) is 5.41 Å². The van der Waals surface area contributed by atoms with Crippen LogP contribution in [-0.4, -0.2) is 17.8 Å². The molecule has 94 valence electrons. The summed E-state index contributed by atoms with van der Waals surface area (Å²) in [5.74, 6) is -1.13. The average molecular weight is 238 g/mol. The van der Waals surface area contributed by atoms with Crippen molar-refractivity contribution in [2.75, 3.05) is 0 Å². The van der Waals surface area contributed by atoms with E-state index in [-0.39, 0.29) is 12.3 Å². The lowest BCUT2D eigenvalue weighted by atomic mass is 9.68. The Morgan fingerprint density at radius 3 is 2.00 bits per heavy atom. The normalized spacial score (nSPS) is 18.9. The van der Waals surface area contributed by atoms with Gasteiger partial charge in [0, 0.05) is 0 Å². The Morgan fingerprint density at radius 1 is 1.18 bits per heavy atom. The van der Waals surface area contributed by atoms with E-state index < -0.39 is 23.3 Å². The van der Waals surface area contributed by atoms with Gasteiger partial charge in [0.25, 0.3) is 0 Å². The average Bonchev–Trinajstić information content (AvgIpc) is 2.26. The monoisotopic (exact) mass is 238 g/mol. The van der Waals surface area contributed by atoms with Gasteiger partial charge in [-0.1, -0.05) is 32.8 Å². The fourth-order valence-corrected chi connectivity index (χ4v) is 2.50. The number of barbiturate groups is 1. The lowest BCUT2D eigenvalue weighted by molar-refractivity contribution is -0.148. The third-order valence-electron chi connectivity index (χ3n) is 3.41. The fourth-order valence-electron chi connectivity index (χ4n) is 2.50. The number of hydrogen-bond donors (Lipinski definition) is 2. The zero-order chi connectivity index (χ0) is 13.1. The molecule has 2 N–H and O–H groups in total. The molecule has 1 heterocycles. The van der Waals surface area contributed by atoms with Crippen LogP contribution >= 0.6 is 0 Å². The molecule has 0 aliphatic carbocycles. The van der Waals surface area contributed by atoms with E-state index in [0.717, 1.165) is 0 Å². The smallest absolute Gasteiger partial charge is 0.277 e. The second-order valence-electron chi connectivity index (χ2n) is 4.21. The zero-order valence-electron chi connectivity index (χ0n) is 10.2. The Morgan fingerprint density at radius 2 is 1.65 bits per heavy atom. The van der Waals surface area contributed by atoms with E-state index in [0.29, 0.717) is 12.8 Å². The predicted octanol–water partition coefficient (Wildman–Crippen LogP) is 1.35. The third-order valence-corrected chi connectivity index (χ3v) is 3.41. The summed E-state index contributed by atoms with van der Waals surface area (Å²) in [7, 11) is 0. The van der Waals surface area contributed by atoms with Gasteiger partial charge in [0.15, 0.2) is 0 Å². The van der Waals surface area contributed by atoms with Crippen LogP contribution < -0.4 is 10.6 Å². The summed E-state index contributed by atoms with van der Waals surface area (Å²) in [6.45, 7) is 7.45. The standard InChI is InChI=1S/C12H18N2O3/c1-4-7-12(8(5-2)6-3)9(15)13-11(17)14-10(12)16/h4,8H,1,5-7H2,2-3H3,(H2,13,14,15,16,17). The van der Waals surface area contributed by atoms with E-state index in [1.54, 1.807) is 6.08 Å². The molecule has 1 aliphatic heterocycles. The molecule has 1 aliphatic rings. The van der Waals surface area contributed by atoms with Crippen LogP contribution in [0.15, 0.2) is 12.7 Å². The molecule has 0 aromatic heterocycles. The molecule has 0 spiro atoms. The fraction of sp³-hybridized carbons (Fsp3) is 0.583. The van der Waals surface area contributed by atoms with Crippen molar-refractivity contribution < 1.29 is 14.4 Å². The Labute approximate surface area is 101 Å². The van der Waals surface area contributed by atoms with Crippen LogP contribution in [0.4, 0.5) is 4.79 Å². The number of urea groups is 1. The Hall–Kier alpha value is -1.65. The van der Waals surface area contributed by atoms with Crippen molar-refractivity contribution in [1.82, 2.24) is 10.6 Å². The van der Waals surface area contributed by atoms with Crippen LogP contribution in [0.5, 0.6) is 0 Å². The van der Waals surface area contributed by atoms with Crippen molar-refractivity contribution in [2.24, 2.45) is 11.3 Å². The molecule has 0 bridgehead atoms. The van der Waals surface area contributed by atoms with E-state index in [4.69, 9.17) is 0 Å². The number of nitrogens with one attached hydrogen (secondary N) is 2. The molecular formula is C12H18N2O3. The number of imide groups is 2. The highest BCUT2D eigenvalue weighted by atomic mass is 16.2. The minimum Gasteiger partial charge on any atom is -0.277 e. The quantitative estimate of drug-likeness (QED) is 0.560. The van der Waals surface area contributed by atoms with Gasteiger partial charge in [0.2, 0.25) is 11.8 Å². The summed E-state index contributed by atoms with van der Waals surface area (Å²) < 4.78 is 0. The van der Waals surface area contributed by atoms with Gasteiger partial charge in [-0.2, -0.15) is 0 Å². The Balaban J connectivity index is 3.20. The van der Waals surface area contributed by atoms with Gasteiger partial charge in [-0.3, -0.25) is 20.2 Å². The van der Waals surface area contributed by atoms with Gasteiger partial charge in [0.05, 0.1) is 0 Å². The second kappa shape index (κ2) is 5.12. The molecule has 0 unspecified atom stereocenters. The highest BCUT2D eigenvalue weighted by Gasteiger charge is 2.53. The highest BCUT2D eigenvalue weighted by molar-refractivity contribution is 6.19. The van der Waals surface area contributed by atoms with Gasteiger partial charge in [-0.15, -0.1) is 6.58 Å². The molecule has 17 heavy (non-hydrogen) atoms. The molecular weight excluding hydrogens is 220 g/mol. The summed E-state index contributed by atoms with van der Waals surface area (Å²) in [6, 6.07) is -0.745. The van der Waals surface area contributed by atoms with E-state index in [2.05, 4.69) is 17.2 Å². The van der Waals surface area contributed by atoms with Crippen LogP contribution in [-0.2, 0) is 9.59 Å². The van der Waals surface area contributed by atoms with Crippen molar-refractivity contribution in [3.05, 3.63) is 12.7 Å². The number of allylic oxidation sites excluding steroid dienone is 1. The maximum atomic E-state index is 12.0. The summed E-state index contributed by atoms with van der Waals surface area (Å²) >= 11 is 0. The Bertz CT molecular complexity index is 339. The van der Waals surface area contributed by atoms with Crippen LogP contribution in [0.2, 0.25) is 0 Å². The minimum atomic E-state index is -1.20. The molecule has 1 saturated heterocycles. The molecule has 0 radical (unpaired) electrons. The molecule has 5 heteroatoms. The highest BCUT2D eigenvalue weighted by Crippen LogP contribution is 2.38. The SMILES string of the molecule is C=CCC1(C(CC)CC)C(=O)NC(=O)NC1=O. The maximum Gasteiger partial charge on any atom is 0.328 e. The largest absolute Gasteiger partial charge is 0.328 e. The summed E-state index contributed by atoms with van der Waals surface area (Å²) in [5.41, 5.74) is -1.20. The van der Waals surface area contributed by atoms with E-state index in [1.807, 2.05) is 13.8 Å². The lowest BCUT2D eigenvalue weighted by Crippen LogP contribution is -2.64. The summed E-state index contributed by atoms with van der Waals surface area (Å²) in [6.07, 6.45) is 3.18. The number of rotatable bonds is 5. The number of amides is 4. The molecule has 0 atom stereocenters. The number of carbonyl (C=O) groups excluding carboxylic acids is 3. The van der Waals surface area contributed by atoms with Crippen LogP contribution in [0.25, 0.3) is 0 Å². The van der Waals surface area contributed by atoms with Crippen molar-refractivity contribution >= 4 is 17.8 Å². The molecule has 4 amide bonds. The molecule has 1 rings (SSSR count). The van der Waals surface area contributed by atoms with Gasteiger partial charge < -0.3 is 0 Å². The number of hydrogen-bond acceptors (Lipinski definition) is 3. The first-order valence-corrected chi connectivity index (χ1v) is 5.80. The topological polar surface area (TPSA) is 75.3 Å². The summed E-state index contributed by atoms with van der Waals surface area (Å²) in [4.78, 5) is 35.2. The molecule has 1 fully saturated rings. The first-order chi connectivity index (χ1) is 8.02. The second-order valence-corrected chi connectivity index (χ2v) is 4.21. The van der Waals surface area contributed by atoms with E-state index >= 15 is 0 Å². The minimum absolute atomic E-state index is 0.103. The number of carbonyl (C=O) groups is 3. The first-order valence-electron chi connectivity index (χ1n) is 5.80. The molecule has 0 aromatic rings. The lowest BCUT2D eigenvalue weighted by Gasteiger charge is -2.38.